The van der Waals surface area contributed by atoms with Crippen molar-refractivity contribution in [3.63, 3.8) is 0 Å². The van der Waals surface area contributed by atoms with Crippen LogP contribution in [0.25, 0.3) is 0 Å². The van der Waals surface area contributed by atoms with E-state index in [1.165, 1.54) is 17.1 Å². The second kappa shape index (κ2) is 8.10. The quantitative estimate of drug-likeness (QED) is 0.778. The summed E-state index contributed by atoms with van der Waals surface area (Å²) in [6.07, 6.45) is 1.14. The number of rotatable bonds is 7. The highest BCUT2D eigenvalue weighted by atomic mass is 32.2. The van der Waals surface area contributed by atoms with Gasteiger partial charge in [0, 0.05) is 31.9 Å². The molecule has 0 radical (unpaired) electrons. The summed E-state index contributed by atoms with van der Waals surface area (Å²) in [5, 5.41) is 3.42. The van der Waals surface area contributed by atoms with Crippen LogP contribution in [0.4, 0.5) is 5.69 Å². The van der Waals surface area contributed by atoms with Gasteiger partial charge >= 0.3 is 0 Å². The number of carbonyl (C=O) groups is 1. The average Bonchev–Trinajstić information content (AvgIpc) is 2.39. The number of thioether (sulfide) groups is 1. The van der Waals surface area contributed by atoms with Gasteiger partial charge in [0.15, 0.2) is 0 Å². The van der Waals surface area contributed by atoms with Crippen molar-refractivity contribution in [1.29, 1.82) is 0 Å². The molecule has 106 valence electrons. The van der Waals surface area contributed by atoms with Gasteiger partial charge in [0.2, 0.25) is 0 Å². The molecular formula is C15H24N2OS. The van der Waals surface area contributed by atoms with E-state index in [1.54, 1.807) is 19.0 Å². The third-order valence-electron chi connectivity index (χ3n) is 2.88. The highest BCUT2D eigenvalue weighted by Gasteiger charge is 2.09. The van der Waals surface area contributed by atoms with E-state index in [1.807, 2.05) is 30.0 Å². The zero-order chi connectivity index (χ0) is 14.3. The van der Waals surface area contributed by atoms with Crippen molar-refractivity contribution in [2.24, 2.45) is 0 Å². The van der Waals surface area contributed by atoms with E-state index in [4.69, 9.17) is 0 Å². The summed E-state index contributed by atoms with van der Waals surface area (Å²) in [7, 11) is 3.55. The maximum Gasteiger partial charge on any atom is 0.253 e. The Kier molecular flexibility index (Phi) is 6.78. The molecule has 3 nitrogen and oxygen atoms in total. The number of anilines is 1. The molecule has 1 aromatic rings. The molecule has 0 aliphatic heterocycles. The zero-order valence-corrected chi connectivity index (χ0v) is 13.1. The first-order valence-electron chi connectivity index (χ1n) is 6.70. The molecule has 0 aliphatic carbocycles. The van der Waals surface area contributed by atoms with Gasteiger partial charge in [0.05, 0.1) is 0 Å². The highest BCUT2D eigenvalue weighted by molar-refractivity contribution is 7.99. The molecule has 0 heterocycles. The SMILES string of the molecule is CCSCCCNc1cc(C(=O)N(C)C)ccc1C. The van der Waals surface area contributed by atoms with Crippen molar-refractivity contribution in [2.45, 2.75) is 20.3 Å². The van der Waals surface area contributed by atoms with Gasteiger partial charge in [-0.15, -0.1) is 0 Å². The Morgan fingerprint density at radius 1 is 1.37 bits per heavy atom. The summed E-state index contributed by atoms with van der Waals surface area (Å²) in [4.78, 5) is 13.5. The molecule has 0 bridgehead atoms. The first-order chi connectivity index (χ1) is 9.06. The van der Waals surface area contributed by atoms with Gasteiger partial charge in [-0.05, 0) is 42.5 Å². The summed E-state index contributed by atoms with van der Waals surface area (Å²) in [6.45, 7) is 5.19. The first-order valence-corrected chi connectivity index (χ1v) is 7.85. The number of nitrogens with zero attached hydrogens (tertiary/aromatic N) is 1. The Hall–Kier alpha value is -1.16. The Bertz CT molecular complexity index is 419. The largest absolute Gasteiger partial charge is 0.385 e. The lowest BCUT2D eigenvalue weighted by atomic mass is 10.1. The van der Waals surface area contributed by atoms with Gasteiger partial charge in [-0.1, -0.05) is 13.0 Å². The molecule has 1 aromatic carbocycles. The third-order valence-corrected chi connectivity index (χ3v) is 3.86. The number of hydrogen-bond acceptors (Lipinski definition) is 3. The number of carbonyl (C=O) groups excluding carboxylic acids is 1. The summed E-state index contributed by atoms with van der Waals surface area (Å²) in [5.74, 6) is 2.40. The second-order valence-electron chi connectivity index (χ2n) is 4.71. The number of nitrogens with one attached hydrogen (secondary N) is 1. The average molecular weight is 280 g/mol. The number of amides is 1. The molecule has 1 rings (SSSR count). The van der Waals surface area contributed by atoms with Gasteiger partial charge in [0.25, 0.3) is 5.91 Å². The second-order valence-corrected chi connectivity index (χ2v) is 6.10. The van der Waals surface area contributed by atoms with E-state index in [-0.39, 0.29) is 5.91 Å². The first kappa shape index (κ1) is 15.9. The molecule has 0 unspecified atom stereocenters. The standard InChI is InChI=1S/C15H24N2OS/c1-5-19-10-6-9-16-14-11-13(8-7-12(14)2)15(18)17(3)4/h7-8,11,16H,5-6,9-10H2,1-4H3. The van der Waals surface area contributed by atoms with Crippen LogP contribution in [0.5, 0.6) is 0 Å². The molecular weight excluding hydrogens is 256 g/mol. The summed E-state index contributed by atoms with van der Waals surface area (Å²) in [5.41, 5.74) is 2.98. The smallest absolute Gasteiger partial charge is 0.253 e. The number of benzene rings is 1. The summed E-state index contributed by atoms with van der Waals surface area (Å²) in [6, 6.07) is 5.83. The van der Waals surface area contributed by atoms with Crippen molar-refractivity contribution in [3.8, 4) is 0 Å². The maximum absolute atomic E-state index is 11.9. The predicted octanol–water partition coefficient (Wildman–Crippen LogP) is 3.25. The van der Waals surface area contributed by atoms with Crippen LogP contribution in [0, 0.1) is 6.92 Å². The van der Waals surface area contributed by atoms with Crippen LogP contribution < -0.4 is 5.32 Å². The van der Waals surface area contributed by atoms with Gasteiger partial charge < -0.3 is 10.2 Å². The minimum Gasteiger partial charge on any atom is -0.385 e. The Labute approximate surface area is 120 Å². The van der Waals surface area contributed by atoms with Crippen LogP contribution in [-0.4, -0.2) is 43.0 Å². The van der Waals surface area contributed by atoms with Crippen molar-refractivity contribution in [3.05, 3.63) is 29.3 Å². The lowest BCUT2D eigenvalue weighted by Gasteiger charge is -2.14. The van der Waals surface area contributed by atoms with E-state index in [2.05, 4.69) is 19.2 Å². The van der Waals surface area contributed by atoms with E-state index >= 15 is 0 Å². The molecule has 0 spiro atoms. The minimum atomic E-state index is 0.0459. The molecule has 1 amide bonds. The van der Waals surface area contributed by atoms with Crippen molar-refractivity contribution in [2.75, 3.05) is 37.5 Å². The lowest BCUT2D eigenvalue weighted by Crippen LogP contribution is -2.21. The van der Waals surface area contributed by atoms with Gasteiger partial charge in [-0.3, -0.25) is 4.79 Å². The molecule has 19 heavy (non-hydrogen) atoms. The molecule has 0 fully saturated rings. The zero-order valence-electron chi connectivity index (χ0n) is 12.3. The number of hydrogen-bond donors (Lipinski definition) is 1. The fourth-order valence-electron chi connectivity index (χ4n) is 1.75. The van der Waals surface area contributed by atoms with Crippen LogP contribution in [0.1, 0.15) is 29.3 Å². The van der Waals surface area contributed by atoms with E-state index in [9.17, 15) is 4.79 Å². The van der Waals surface area contributed by atoms with Crippen LogP contribution in [-0.2, 0) is 0 Å². The molecule has 0 aromatic heterocycles. The highest BCUT2D eigenvalue weighted by Crippen LogP contribution is 2.18. The Morgan fingerprint density at radius 2 is 2.11 bits per heavy atom. The Balaban J connectivity index is 2.62. The van der Waals surface area contributed by atoms with Crippen LogP contribution in [0.15, 0.2) is 18.2 Å². The normalized spacial score (nSPS) is 10.3. The van der Waals surface area contributed by atoms with E-state index in [0.717, 1.165) is 24.2 Å². The lowest BCUT2D eigenvalue weighted by molar-refractivity contribution is 0.0827. The fraction of sp³-hybridized carbons (Fsp3) is 0.533. The maximum atomic E-state index is 11.9. The molecule has 0 atom stereocenters. The Morgan fingerprint density at radius 3 is 2.74 bits per heavy atom. The van der Waals surface area contributed by atoms with Crippen LogP contribution in [0.2, 0.25) is 0 Å². The molecule has 4 heteroatoms. The topological polar surface area (TPSA) is 32.3 Å². The predicted molar refractivity (Wildman–Crippen MR) is 85.3 cm³/mol. The monoisotopic (exact) mass is 280 g/mol. The molecule has 0 saturated heterocycles. The van der Waals surface area contributed by atoms with E-state index < -0.39 is 0 Å². The summed E-state index contributed by atoms with van der Waals surface area (Å²) >= 11 is 1.96. The molecule has 1 N–H and O–H groups in total. The van der Waals surface area contributed by atoms with Crippen molar-refractivity contribution >= 4 is 23.4 Å². The van der Waals surface area contributed by atoms with Gasteiger partial charge in [-0.25, -0.2) is 0 Å². The van der Waals surface area contributed by atoms with Gasteiger partial charge in [-0.2, -0.15) is 11.8 Å². The third kappa shape index (κ3) is 5.15. The minimum absolute atomic E-state index is 0.0459. The van der Waals surface area contributed by atoms with Crippen molar-refractivity contribution < 1.29 is 4.79 Å². The van der Waals surface area contributed by atoms with Crippen molar-refractivity contribution in [1.82, 2.24) is 4.90 Å². The van der Waals surface area contributed by atoms with E-state index in [0.29, 0.717) is 0 Å². The van der Waals surface area contributed by atoms with Gasteiger partial charge in [0.1, 0.15) is 0 Å². The fourth-order valence-corrected chi connectivity index (χ4v) is 2.38. The summed E-state index contributed by atoms with van der Waals surface area (Å²) < 4.78 is 0. The van der Waals surface area contributed by atoms with Crippen LogP contribution >= 0.6 is 11.8 Å². The molecule has 0 aliphatic rings. The molecule has 0 saturated carbocycles. The number of aryl methyl sites for hydroxylation is 1. The van der Waals surface area contributed by atoms with Crippen LogP contribution in [0.3, 0.4) is 0 Å².